The first-order valence-electron chi connectivity index (χ1n) is 4.38. The smallest absolute Gasteiger partial charge is 0.306 e. The van der Waals surface area contributed by atoms with E-state index in [-0.39, 0.29) is 12.5 Å². The Morgan fingerprint density at radius 2 is 2.31 bits per heavy atom. The highest BCUT2D eigenvalue weighted by atomic mass is 16.4. The molecule has 2 atom stereocenters. The highest BCUT2D eigenvalue weighted by Gasteiger charge is 2.22. The molecule has 76 valence electrons. The highest BCUT2D eigenvalue weighted by molar-refractivity contribution is 5.67. The predicted octanol–water partition coefficient (Wildman–Crippen LogP) is -1.11. The van der Waals surface area contributed by atoms with E-state index in [4.69, 9.17) is 10.2 Å². The Labute approximate surface area is 76.6 Å². The summed E-state index contributed by atoms with van der Waals surface area (Å²) in [5, 5.41) is 26.8. The molecular weight excluding hydrogens is 174 g/mol. The Morgan fingerprint density at radius 1 is 1.62 bits per heavy atom. The Hall–Kier alpha value is -0.650. The van der Waals surface area contributed by atoms with E-state index in [9.17, 15) is 9.90 Å². The lowest BCUT2D eigenvalue weighted by molar-refractivity contribution is -0.139. The van der Waals surface area contributed by atoms with Crippen molar-refractivity contribution in [2.75, 3.05) is 19.6 Å². The lowest BCUT2D eigenvalue weighted by atomic mass is 10.2. The first-order valence-corrected chi connectivity index (χ1v) is 4.38. The van der Waals surface area contributed by atoms with Crippen LogP contribution in [0, 0.1) is 0 Å². The molecule has 0 aromatic carbocycles. The third-order valence-corrected chi connectivity index (χ3v) is 2.13. The predicted molar refractivity (Wildman–Crippen MR) is 45.3 cm³/mol. The summed E-state index contributed by atoms with van der Waals surface area (Å²) in [6.07, 6.45) is -0.674. The van der Waals surface area contributed by atoms with Gasteiger partial charge in [0.25, 0.3) is 0 Å². The van der Waals surface area contributed by atoms with E-state index in [1.54, 1.807) is 0 Å². The molecular formula is C8H15NO4. The summed E-state index contributed by atoms with van der Waals surface area (Å²) in [5.41, 5.74) is 0. The number of likely N-dealkylation sites (tertiary alicyclic amines) is 1. The lowest BCUT2D eigenvalue weighted by Crippen LogP contribution is -2.32. The van der Waals surface area contributed by atoms with Crippen LogP contribution in [-0.2, 0) is 4.79 Å². The molecule has 1 fully saturated rings. The number of rotatable bonds is 4. The third-order valence-electron chi connectivity index (χ3n) is 2.13. The summed E-state index contributed by atoms with van der Waals surface area (Å²) in [6, 6.07) is 0. The maximum absolute atomic E-state index is 10.2. The third kappa shape index (κ3) is 3.71. The standard InChI is InChI=1S/C8H15NO4/c10-6-1-2-9(4-6)5-7(11)3-8(12)13/h6-7,10-11H,1-5H2,(H,12,13). The maximum Gasteiger partial charge on any atom is 0.306 e. The number of aliphatic hydroxyl groups is 2. The zero-order valence-corrected chi connectivity index (χ0v) is 7.39. The fraction of sp³-hybridized carbons (Fsp3) is 0.875. The topological polar surface area (TPSA) is 81.0 Å². The quantitative estimate of drug-likeness (QED) is 0.522. The van der Waals surface area contributed by atoms with E-state index < -0.39 is 12.1 Å². The van der Waals surface area contributed by atoms with Crippen LogP contribution in [0.15, 0.2) is 0 Å². The van der Waals surface area contributed by atoms with Crippen LogP contribution >= 0.6 is 0 Å². The summed E-state index contributed by atoms with van der Waals surface area (Å²) in [7, 11) is 0. The molecule has 13 heavy (non-hydrogen) atoms. The number of carboxylic acids is 1. The van der Waals surface area contributed by atoms with Gasteiger partial charge in [0, 0.05) is 19.6 Å². The molecule has 2 unspecified atom stereocenters. The monoisotopic (exact) mass is 189 g/mol. The fourth-order valence-corrected chi connectivity index (χ4v) is 1.54. The van der Waals surface area contributed by atoms with Crippen molar-refractivity contribution in [3.63, 3.8) is 0 Å². The number of β-amino-alcohol motifs (C(OH)–C–C–N with tert-alkyl or cyclic N) is 2. The minimum atomic E-state index is -0.993. The number of carboxylic acid groups (broad SMARTS) is 1. The van der Waals surface area contributed by atoms with Crippen LogP contribution in [0.25, 0.3) is 0 Å². The van der Waals surface area contributed by atoms with Gasteiger partial charge in [-0.25, -0.2) is 0 Å². The minimum absolute atomic E-state index is 0.230. The van der Waals surface area contributed by atoms with Crippen molar-refractivity contribution in [1.29, 1.82) is 0 Å². The second kappa shape index (κ2) is 4.55. The Balaban J connectivity index is 2.20. The fourth-order valence-electron chi connectivity index (χ4n) is 1.54. The van der Waals surface area contributed by atoms with E-state index in [1.165, 1.54) is 0 Å². The van der Waals surface area contributed by atoms with Crippen LogP contribution in [0.1, 0.15) is 12.8 Å². The summed E-state index contributed by atoms with van der Waals surface area (Å²) in [5.74, 6) is -0.993. The number of nitrogens with zero attached hydrogens (tertiary/aromatic N) is 1. The molecule has 3 N–H and O–H groups in total. The summed E-state index contributed by atoms with van der Waals surface area (Å²) in [4.78, 5) is 12.1. The van der Waals surface area contributed by atoms with Crippen LogP contribution in [0.4, 0.5) is 0 Å². The molecule has 0 radical (unpaired) electrons. The second-order valence-corrected chi connectivity index (χ2v) is 3.45. The van der Waals surface area contributed by atoms with Crippen molar-refractivity contribution < 1.29 is 20.1 Å². The number of hydrogen-bond acceptors (Lipinski definition) is 4. The minimum Gasteiger partial charge on any atom is -0.481 e. The van der Waals surface area contributed by atoms with Gasteiger partial charge in [0.2, 0.25) is 0 Å². The normalized spacial score (nSPS) is 26.2. The van der Waals surface area contributed by atoms with Crippen molar-refractivity contribution in [3.8, 4) is 0 Å². The van der Waals surface area contributed by atoms with E-state index in [0.29, 0.717) is 19.5 Å². The van der Waals surface area contributed by atoms with Gasteiger partial charge in [0.15, 0.2) is 0 Å². The summed E-state index contributed by atoms with van der Waals surface area (Å²) < 4.78 is 0. The van der Waals surface area contributed by atoms with Crippen LogP contribution < -0.4 is 0 Å². The molecule has 5 heteroatoms. The van der Waals surface area contributed by atoms with Crippen molar-refractivity contribution >= 4 is 5.97 Å². The van der Waals surface area contributed by atoms with E-state index in [0.717, 1.165) is 6.54 Å². The Bertz CT molecular complexity index is 185. The Morgan fingerprint density at radius 3 is 2.77 bits per heavy atom. The molecule has 0 amide bonds. The zero-order valence-electron chi connectivity index (χ0n) is 7.39. The summed E-state index contributed by atoms with van der Waals surface area (Å²) in [6.45, 7) is 1.61. The molecule has 0 bridgehead atoms. The van der Waals surface area contributed by atoms with Gasteiger partial charge in [-0.2, -0.15) is 0 Å². The second-order valence-electron chi connectivity index (χ2n) is 3.45. The molecule has 0 spiro atoms. The molecule has 1 heterocycles. The number of aliphatic carboxylic acids is 1. The van der Waals surface area contributed by atoms with Crippen LogP contribution in [0.3, 0.4) is 0 Å². The first kappa shape index (κ1) is 10.4. The summed E-state index contributed by atoms with van der Waals surface area (Å²) >= 11 is 0. The molecule has 1 aliphatic heterocycles. The molecule has 0 aromatic heterocycles. The van der Waals surface area contributed by atoms with Crippen LogP contribution in [0.2, 0.25) is 0 Å². The number of carbonyl (C=O) groups is 1. The van der Waals surface area contributed by atoms with E-state index in [2.05, 4.69) is 0 Å². The molecule has 5 nitrogen and oxygen atoms in total. The molecule has 1 aliphatic rings. The first-order chi connectivity index (χ1) is 6.08. The zero-order chi connectivity index (χ0) is 9.84. The van der Waals surface area contributed by atoms with Gasteiger partial charge < -0.3 is 15.3 Å². The average molecular weight is 189 g/mol. The van der Waals surface area contributed by atoms with Gasteiger partial charge in [-0.1, -0.05) is 0 Å². The van der Waals surface area contributed by atoms with Crippen molar-refractivity contribution in [2.24, 2.45) is 0 Å². The van der Waals surface area contributed by atoms with E-state index in [1.807, 2.05) is 4.90 Å². The van der Waals surface area contributed by atoms with Gasteiger partial charge >= 0.3 is 5.97 Å². The van der Waals surface area contributed by atoms with Gasteiger partial charge in [0.05, 0.1) is 18.6 Å². The largest absolute Gasteiger partial charge is 0.481 e. The van der Waals surface area contributed by atoms with Crippen LogP contribution in [0.5, 0.6) is 0 Å². The number of hydrogen-bond donors (Lipinski definition) is 3. The van der Waals surface area contributed by atoms with Crippen molar-refractivity contribution in [1.82, 2.24) is 4.90 Å². The van der Waals surface area contributed by atoms with Crippen LogP contribution in [-0.4, -0.2) is 58.0 Å². The van der Waals surface area contributed by atoms with Gasteiger partial charge in [-0.05, 0) is 6.42 Å². The molecule has 0 aromatic rings. The molecule has 1 saturated heterocycles. The molecule has 1 rings (SSSR count). The van der Waals surface area contributed by atoms with Gasteiger partial charge in [-0.3, -0.25) is 9.69 Å². The lowest BCUT2D eigenvalue weighted by Gasteiger charge is -2.17. The maximum atomic E-state index is 10.2. The SMILES string of the molecule is O=C(O)CC(O)CN1CCC(O)C1. The highest BCUT2D eigenvalue weighted by Crippen LogP contribution is 2.09. The van der Waals surface area contributed by atoms with Gasteiger partial charge in [-0.15, -0.1) is 0 Å². The van der Waals surface area contributed by atoms with E-state index >= 15 is 0 Å². The van der Waals surface area contributed by atoms with Crippen molar-refractivity contribution in [2.45, 2.75) is 25.0 Å². The molecule has 0 saturated carbocycles. The Kier molecular flexibility index (Phi) is 3.65. The number of aliphatic hydroxyl groups excluding tert-OH is 2. The molecule has 0 aliphatic carbocycles. The van der Waals surface area contributed by atoms with Crippen molar-refractivity contribution in [3.05, 3.63) is 0 Å². The van der Waals surface area contributed by atoms with Gasteiger partial charge in [0.1, 0.15) is 0 Å². The average Bonchev–Trinajstić information content (AvgIpc) is 2.33.